The Labute approximate surface area is 244 Å². The van der Waals surface area contributed by atoms with Crippen molar-refractivity contribution in [1.82, 2.24) is 15.5 Å². The lowest BCUT2D eigenvalue weighted by Crippen LogP contribution is -2.56. The average Bonchev–Trinajstić information content (AvgIpc) is 2.88. The Bertz CT molecular complexity index is 1200. The molecule has 0 spiro atoms. The van der Waals surface area contributed by atoms with Crippen molar-refractivity contribution < 1.29 is 24.2 Å². The summed E-state index contributed by atoms with van der Waals surface area (Å²) in [5, 5.41) is 15.8. The highest BCUT2D eigenvalue weighted by Crippen LogP contribution is 2.29. The van der Waals surface area contributed by atoms with Gasteiger partial charge in [-0.25, -0.2) is 4.79 Å². The molecule has 0 radical (unpaired) electrons. The fourth-order valence-corrected chi connectivity index (χ4v) is 5.28. The number of benzene rings is 2. The van der Waals surface area contributed by atoms with E-state index in [1.54, 1.807) is 49.9 Å². The minimum absolute atomic E-state index is 0.0714. The molecule has 8 nitrogen and oxygen atoms in total. The maximum atomic E-state index is 14.4. The summed E-state index contributed by atoms with van der Waals surface area (Å²) in [7, 11) is 0. The third-order valence-corrected chi connectivity index (χ3v) is 7.50. The monoisotopic (exact) mass is 565 g/mol. The van der Waals surface area contributed by atoms with E-state index in [9.17, 15) is 19.5 Å². The van der Waals surface area contributed by atoms with Gasteiger partial charge in [0.2, 0.25) is 11.8 Å². The van der Waals surface area contributed by atoms with E-state index < -0.39 is 23.8 Å². The number of phenolic OH excluding ortho intramolecular Hbond substituents is 1. The number of ether oxygens (including phenoxy) is 1. The Morgan fingerprint density at radius 2 is 1.61 bits per heavy atom. The molecule has 8 heteroatoms. The van der Waals surface area contributed by atoms with E-state index in [1.165, 1.54) is 6.42 Å². The van der Waals surface area contributed by atoms with Crippen LogP contribution in [0.15, 0.2) is 42.5 Å². The topological polar surface area (TPSA) is 108 Å². The van der Waals surface area contributed by atoms with Crippen molar-refractivity contribution in [2.75, 3.05) is 0 Å². The van der Waals surface area contributed by atoms with E-state index in [0.29, 0.717) is 0 Å². The molecule has 2 aromatic rings. The molecular formula is C33H47N3O5. The summed E-state index contributed by atoms with van der Waals surface area (Å²) in [6.45, 7) is 13.0. The molecule has 0 heterocycles. The van der Waals surface area contributed by atoms with Crippen LogP contribution in [0.4, 0.5) is 4.79 Å². The van der Waals surface area contributed by atoms with Gasteiger partial charge in [0.1, 0.15) is 23.4 Å². The van der Waals surface area contributed by atoms with Gasteiger partial charge in [-0.05, 0) is 95.7 Å². The van der Waals surface area contributed by atoms with Gasteiger partial charge < -0.3 is 25.4 Å². The molecule has 3 rings (SSSR count). The van der Waals surface area contributed by atoms with Crippen molar-refractivity contribution in [3.8, 4) is 5.75 Å². The first-order valence-corrected chi connectivity index (χ1v) is 14.7. The number of nitrogens with one attached hydrogen (secondary N) is 2. The number of aromatic hydroxyl groups is 1. The minimum Gasteiger partial charge on any atom is -0.508 e. The van der Waals surface area contributed by atoms with Gasteiger partial charge in [0.25, 0.3) is 0 Å². The van der Waals surface area contributed by atoms with Gasteiger partial charge in [-0.2, -0.15) is 0 Å². The number of aryl methyl sites for hydroxylation is 2. The first-order chi connectivity index (χ1) is 19.2. The van der Waals surface area contributed by atoms with Crippen LogP contribution in [0.5, 0.6) is 5.75 Å². The fourth-order valence-electron chi connectivity index (χ4n) is 5.28. The van der Waals surface area contributed by atoms with Gasteiger partial charge in [0, 0.05) is 18.5 Å². The molecule has 2 unspecified atom stereocenters. The molecule has 0 saturated heterocycles. The van der Waals surface area contributed by atoms with Crippen LogP contribution in [0.3, 0.4) is 0 Å². The van der Waals surface area contributed by atoms with Crippen LogP contribution in [0.2, 0.25) is 0 Å². The zero-order valence-electron chi connectivity index (χ0n) is 25.6. The smallest absolute Gasteiger partial charge is 0.408 e. The molecule has 1 fully saturated rings. The van der Waals surface area contributed by atoms with Gasteiger partial charge in [-0.1, -0.05) is 49.6 Å². The SMILES string of the molecule is Cc1ccc(C(C(=O)NC2CCCCC2)N(C(=O)C(Cc2ccc(O)cc2)NC(=O)OC(C)(C)C)C(C)C)cc1C. The van der Waals surface area contributed by atoms with Crippen molar-refractivity contribution >= 4 is 17.9 Å². The number of amides is 3. The van der Waals surface area contributed by atoms with Crippen LogP contribution in [0, 0.1) is 13.8 Å². The van der Waals surface area contributed by atoms with Crippen molar-refractivity contribution in [1.29, 1.82) is 0 Å². The second-order valence-corrected chi connectivity index (χ2v) is 12.5. The van der Waals surface area contributed by atoms with Gasteiger partial charge in [-0.15, -0.1) is 0 Å². The number of nitrogens with zero attached hydrogens (tertiary/aromatic N) is 1. The molecule has 41 heavy (non-hydrogen) atoms. The van der Waals surface area contributed by atoms with Crippen LogP contribution in [-0.4, -0.2) is 51.6 Å². The highest BCUT2D eigenvalue weighted by atomic mass is 16.6. The molecule has 2 atom stereocenters. The molecule has 2 aromatic carbocycles. The minimum atomic E-state index is -1.01. The second kappa shape index (κ2) is 13.9. The van der Waals surface area contributed by atoms with E-state index in [2.05, 4.69) is 10.6 Å². The number of hydrogen-bond donors (Lipinski definition) is 3. The average molecular weight is 566 g/mol. The zero-order valence-corrected chi connectivity index (χ0v) is 25.6. The summed E-state index contributed by atoms with van der Waals surface area (Å²) in [5.74, 6) is -0.501. The number of carbonyl (C=O) groups is 3. The summed E-state index contributed by atoms with van der Waals surface area (Å²) >= 11 is 0. The Balaban J connectivity index is 2.02. The van der Waals surface area contributed by atoms with Crippen molar-refractivity contribution in [2.45, 2.75) is 117 Å². The Hall–Kier alpha value is -3.55. The standard InChI is InChI=1S/C33H47N3O5/c1-21(2)36(29(25-16-13-22(3)23(4)19-25)30(38)34-26-11-9-8-10-12-26)31(39)28(35-32(40)41-33(5,6)7)20-24-14-17-27(37)18-15-24/h13-19,21,26,28-29,37H,8-12,20H2,1-7H3,(H,34,38)(H,35,40). The first kappa shape index (κ1) is 32.0. The molecule has 0 aromatic heterocycles. The highest BCUT2D eigenvalue weighted by molar-refractivity contribution is 5.92. The van der Waals surface area contributed by atoms with Crippen LogP contribution in [-0.2, 0) is 20.7 Å². The van der Waals surface area contributed by atoms with Crippen LogP contribution in [0.25, 0.3) is 0 Å². The fraction of sp³-hybridized carbons (Fsp3) is 0.545. The third-order valence-electron chi connectivity index (χ3n) is 7.50. The number of hydrogen-bond acceptors (Lipinski definition) is 5. The number of carbonyl (C=O) groups excluding carboxylic acids is 3. The van der Waals surface area contributed by atoms with E-state index >= 15 is 0 Å². The number of rotatable bonds is 9. The van der Waals surface area contributed by atoms with E-state index in [4.69, 9.17) is 4.74 Å². The molecule has 224 valence electrons. The maximum Gasteiger partial charge on any atom is 0.408 e. The lowest BCUT2D eigenvalue weighted by atomic mass is 9.93. The number of alkyl carbamates (subject to hydrolysis) is 1. The maximum absolute atomic E-state index is 14.4. The summed E-state index contributed by atoms with van der Waals surface area (Å²) in [4.78, 5) is 43.0. The van der Waals surface area contributed by atoms with Crippen molar-refractivity contribution in [3.63, 3.8) is 0 Å². The predicted molar refractivity (Wildman–Crippen MR) is 161 cm³/mol. The second-order valence-electron chi connectivity index (χ2n) is 12.5. The van der Waals surface area contributed by atoms with Gasteiger partial charge in [-0.3, -0.25) is 9.59 Å². The molecule has 3 amide bonds. The highest BCUT2D eigenvalue weighted by Gasteiger charge is 2.38. The molecule has 1 saturated carbocycles. The van der Waals surface area contributed by atoms with E-state index in [1.807, 2.05) is 45.9 Å². The first-order valence-electron chi connectivity index (χ1n) is 14.7. The van der Waals surface area contributed by atoms with E-state index in [-0.39, 0.29) is 36.1 Å². The predicted octanol–water partition coefficient (Wildman–Crippen LogP) is 5.87. The van der Waals surface area contributed by atoms with Crippen molar-refractivity contribution in [3.05, 3.63) is 64.7 Å². The lowest BCUT2D eigenvalue weighted by molar-refractivity contribution is -0.145. The quantitative estimate of drug-likeness (QED) is 0.352. The summed E-state index contributed by atoms with van der Waals surface area (Å²) in [6.07, 6.45) is 4.59. The third kappa shape index (κ3) is 9.23. The van der Waals surface area contributed by atoms with Crippen LogP contribution in [0.1, 0.15) is 95.0 Å². The van der Waals surface area contributed by atoms with Crippen LogP contribution >= 0.6 is 0 Å². The number of phenols is 1. The van der Waals surface area contributed by atoms with Gasteiger partial charge in [0.05, 0.1) is 0 Å². The summed E-state index contributed by atoms with van der Waals surface area (Å²) < 4.78 is 5.50. The Morgan fingerprint density at radius 1 is 0.976 bits per heavy atom. The van der Waals surface area contributed by atoms with Crippen LogP contribution < -0.4 is 10.6 Å². The summed E-state index contributed by atoms with van der Waals surface area (Å²) in [6, 6.07) is 10.2. The van der Waals surface area contributed by atoms with Gasteiger partial charge >= 0.3 is 6.09 Å². The van der Waals surface area contributed by atoms with Crippen molar-refractivity contribution in [2.24, 2.45) is 0 Å². The van der Waals surface area contributed by atoms with Gasteiger partial charge in [0.15, 0.2) is 0 Å². The summed E-state index contributed by atoms with van der Waals surface area (Å²) in [5.41, 5.74) is 2.84. The molecule has 0 bridgehead atoms. The lowest BCUT2D eigenvalue weighted by Gasteiger charge is -2.38. The normalized spacial score (nSPS) is 15.6. The Morgan fingerprint density at radius 3 is 2.17 bits per heavy atom. The molecule has 3 N–H and O–H groups in total. The molecule has 1 aliphatic carbocycles. The molecule has 1 aliphatic rings. The van der Waals surface area contributed by atoms with E-state index in [0.717, 1.165) is 47.9 Å². The molecule has 0 aliphatic heterocycles. The zero-order chi connectivity index (χ0) is 30.3. The largest absolute Gasteiger partial charge is 0.508 e. The Kier molecular flexibility index (Phi) is 10.8. The molecular weight excluding hydrogens is 518 g/mol.